The minimum atomic E-state index is -4.50. The van der Waals surface area contributed by atoms with Crippen LogP contribution in [0.3, 0.4) is 0 Å². The van der Waals surface area contributed by atoms with Crippen molar-refractivity contribution in [3.63, 3.8) is 0 Å². The summed E-state index contributed by atoms with van der Waals surface area (Å²) in [7, 11) is -3.03. The van der Waals surface area contributed by atoms with Gasteiger partial charge in [0.1, 0.15) is 0 Å². The van der Waals surface area contributed by atoms with Crippen molar-refractivity contribution >= 4 is 21.2 Å². The zero-order valence-corrected chi connectivity index (χ0v) is 11.4. The largest absolute Gasteiger partial charge is 0.418 e. The average molecular weight is 308 g/mol. The Balaban J connectivity index is 2.10. The summed E-state index contributed by atoms with van der Waals surface area (Å²) in [5.74, 6) is -0.0255. The molecule has 8 heteroatoms. The zero-order chi connectivity index (χ0) is 15.0. The quantitative estimate of drug-likeness (QED) is 0.839. The lowest BCUT2D eigenvalue weighted by molar-refractivity contribution is -0.136. The molecular formula is C12H15F3N2O2S. The van der Waals surface area contributed by atoms with Gasteiger partial charge in [-0.15, -0.1) is 0 Å². The Morgan fingerprint density at radius 1 is 1.35 bits per heavy atom. The van der Waals surface area contributed by atoms with Crippen molar-refractivity contribution in [3.8, 4) is 0 Å². The molecule has 3 N–H and O–H groups in total. The third-order valence-corrected chi connectivity index (χ3v) is 5.09. The lowest BCUT2D eigenvalue weighted by Gasteiger charge is -2.17. The molecule has 1 aliphatic heterocycles. The van der Waals surface area contributed by atoms with Crippen LogP contribution in [0.2, 0.25) is 0 Å². The highest BCUT2D eigenvalue weighted by atomic mass is 32.2. The summed E-state index contributed by atoms with van der Waals surface area (Å²) in [6.07, 6.45) is -4.02. The maximum atomic E-state index is 12.9. The van der Waals surface area contributed by atoms with Crippen LogP contribution in [-0.2, 0) is 16.0 Å². The van der Waals surface area contributed by atoms with Crippen LogP contribution >= 0.6 is 0 Å². The Bertz CT molecular complexity index is 599. The van der Waals surface area contributed by atoms with Gasteiger partial charge >= 0.3 is 6.18 Å². The molecule has 2 rings (SSSR count). The van der Waals surface area contributed by atoms with Crippen LogP contribution < -0.4 is 11.1 Å². The third-order valence-electron chi connectivity index (χ3n) is 3.26. The van der Waals surface area contributed by atoms with E-state index in [2.05, 4.69) is 5.32 Å². The number of rotatable bonds is 3. The minimum Gasteiger partial charge on any atom is -0.399 e. The van der Waals surface area contributed by atoms with E-state index in [1.165, 1.54) is 12.1 Å². The molecule has 1 unspecified atom stereocenters. The topological polar surface area (TPSA) is 72.2 Å². The summed E-state index contributed by atoms with van der Waals surface area (Å²) < 4.78 is 61.2. The normalized spacial score (nSPS) is 21.9. The van der Waals surface area contributed by atoms with Crippen LogP contribution in [0, 0.1) is 5.92 Å². The van der Waals surface area contributed by atoms with Crippen molar-refractivity contribution in [1.29, 1.82) is 0 Å². The van der Waals surface area contributed by atoms with Crippen LogP contribution in [0.5, 0.6) is 0 Å². The van der Waals surface area contributed by atoms with E-state index in [-0.39, 0.29) is 35.3 Å². The minimum absolute atomic E-state index is 0.0241. The fourth-order valence-electron chi connectivity index (χ4n) is 2.24. The van der Waals surface area contributed by atoms with E-state index in [0.717, 1.165) is 6.07 Å². The zero-order valence-electron chi connectivity index (χ0n) is 10.6. The number of hydrogen-bond donors (Lipinski definition) is 2. The van der Waals surface area contributed by atoms with E-state index in [9.17, 15) is 21.6 Å². The second-order valence-electron chi connectivity index (χ2n) is 4.95. The van der Waals surface area contributed by atoms with E-state index < -0.39 is 21.6 Å². The average Bonchev–Trinajstić information content (AvgIpc) is 2.66. The van der Waals surface area contributed by atoms with E-state index in [0.29, 0.717) is 6.42 Å². The second-order valence-corrected chi connectivity index (χ2v) is 7.18. The molecule has 4 nitrogen and oxygen atoms in total. The second kappa shape index (κ2) is 5.16. The van der Waals surface area contributed by atoms with Gasteiger partial charge in [-0.2, -0.15) is 13.2 Å². The van der Waals surface area contributed by atoms with Gasteiger partial charge in [-0.05, 0) is 30.5 Å². The predicted octanol–water partition coefficient (Wildman–Crippen LogP) is 2.13. The number of sulfone groups is 1. The molecule has 0 aliphatic carbocycles. The summed E-state index contributed by atoms with van der Waals surface area (Å²) in [5, 5.41) is 2.69. The fourth-order valence-corrected chi connectivity index (χ4v) is 4.10. The first-order chi connectivity index (χ1) is 9.17. The van der Waals surface area contributed by atoms with E-state index in [1.807, 2.05) is 0 Å². The number of alkyl halides is 3. The molecule has 1 heterocycles. The van der Waals surface area contributed by atoms with Crippen LogP contribution in [0.1, 0.15) is 12.0 Å². The van der Waals surface area contributed by atoms with Gasteiger partial charge in [-0.1, -0.05) is 0 Å². The smallest absolute Gasteiger partial charge is 0.399 e. The SMILES string of the molecule is Nc1ccc(NCC2CCS(=O)(=O)C2)c(C(F)(F)F)c1. The Labute approximate surface area is 115 Å². The van der Waals surface area contributed by atoms with E-state index in [1.54, 1.807) is 0 Å². The van der Waals surface area contributed by atoms with E-state index >= 15 is 0 Å². The van der Waals surface area contributed by atoms with Gasteiger partial charge in [0.05, 0.1) is 17.1 Å². The van der Waals surface area contributed by atoms with Crippen molar-refractivity contribution in [2.45, 2.75) is 12.6 Å². The van der Waals surface area contributed by atoms with Gasteiger partial charge < -0.3 is 11.1 Å². The fraction of sp³-hybridized carbons (Fsp3) is 0.500. The van der Waals surface area contributed by atoms with Crippen molar-refractivity contribution in [2.24, 2.45) is 5.92 Å². The van der Waals surface area contributed by atoms with Crippen molar-refractivity contribution in [1.82, 2.24) is 0 Å². The van der Waals surface area contributed by atoms with Gasteiger partial charge in [0.15, 0.2) is 9.84 Å². The molecule has 1 fully saturated rings. The Hall–Kier alpha value is -1.44. The number of benzene rings is 1. The molecular weight excluding hydrogens is 293 g/mol. The third kappa shape index (κ3) is 3.56. The number of hydrogen-bond acceptors (Lipinski definition) is 4. The summed E-state index contributed by atoms with van der Waals surface area (Å²) in [6.45, 7) is 0.201. The van der Waals surface area contributed by atoms with Crippen molar-refractivity contribution in [3.05, 3.63) is 23.8 Å². The summed E-state index contributed by atoms with van der Waals surface area (Å²) in [6, 6.07) is 3.51. The summed E-state index contributed by atoms with van der Waals surface area (Å²) in [5.41, 5.74) is 4.50. The maximum absolute atomic E-state index is 12.9. The number of nitrogen functional groups attached to an aromatic ring is 1. The van der Waals surface area contributed by atoms with Crippen LogP contribution in [0.25, 0.3) is 0 Å². The van der Waals surface area contributed by atoms with Gasteiger partial charge in [-0.3, -0.25) is 0 Å². The number of nitrogens with two attached hydrogens (primary N) is 1. The Morgan fingerprint density at radius 3 is 2.60 bits per heavy atom. The molecule has 0 bridgehead atoms. The van der Waals surface area contributed by atoms with Crippen molar-refractivity contribution < 1.29 is 21.6 Å². The monoisotopic (exact) mass is 308 g/mol. The molecule has 0 radical (unpaired) electrons. The van der Waals surface area contributed by atoms with Crippen LogP contribution in [0.15, 0.2) is 18.2 Å². The van der Waals surface area contributed by atoms with Crippen LogP contribution in [0.4, 0.5) is 24.5 Å². The molecule has 1 saturated heterocycles. The molecule has 0 amide bonds. The Morgan fingerprint density at radius 2 is 2.05 bits per heavy atom. The van der Waals surface area contributed by atoms with Gasteiger partial charge in [0.2, 0.25) is 0 Å². The highest BCUT2D eigenvalue weighted by Gasteiger charge is 2.34. The molecule has 1 aromatic carbocycles. The molecule has 112 valence electrons. The number of halogens is 3. The summed E-state index contributed by atoms with van der Waals surface area (Å²) in [4.78, 5) is 0. The maximum Gasteiger partial charge on any atom is 0.418 e. The molecule has 20 heavy (non-hydrogen) atoms. The Kier molecular flexibility index (Phi) is 3.86. The van der Waals surface area contributed by atoms with Gasteiger partial charge in [-0.25, -0.2) is 8.42 Å². The molecule has 0 aromatic heterocycles. The van der Waals surface area contributed by atoms with Crippen LogP contribution in [-0.4, -0.2) is 26.5 Å². The number of anilines is 2. The molecule has 1 aromatic rings. The van der Waals surface area contributed by atoms with E-state index in [4.69, 9.17) is 5.73 Å². The lowest BCUT2D eigenvalue weighted by atomic mass is 10.1. The van der Waals surface area contributed by atoms with Gasteiger partial charge in [0, 0.05) is 17.9 Å². The summed E-state index contributed by atoms with van der Waals surface area (Å²) >= 11 is 0. The van der Waals surface area contributed by atoms with Crippen molar-refractivity contribution in [2.75, 3.05) is 29.1 Å². The highest BCUT2D eigenvalue weighted by molar-refractivity contribution is 7.91. The lowest BCUT2D eigenvalue weighted by Crippen LogP contribution is -2.18. The first-order valence-electron chi connectivity index (χ1n) is 6.08. The molecule has 0 saturated carbocycles. The van der Waals surface area contributed by atoms with Gasteiger partial charge in [0.25, 0.3) is 0 Å². The highest BCUT2D eigenvalue weighted by Crippen LogP contribution is 2.36. The molecule has 1 aliphatic rings. The standard InChI is InChI=1S/C12H15F3N2O2S/c13-12(14,15)10-5-9(16)1-2-11(10)17-6-8-3-4-20(18,19)7-8/h1-2,5,8,17H,3-4,6-7,16H2. The molecule has 0 spiro atoms. The predicted molar refractivity (Wildman–Crippen MR) is 71.1 cm³/mol. The molecule has 1 atom stereocenters. The first-order valence-corrected chi connectivity index (χ1v) is 7.90. The first kappa shape index (κ1) is 15.0. The number of nitrogens with one attached hydrogen (secondary N) is 1.